The summed E-state index contributed by atoms with van der Waals surface area (Å²) < 4.78 is 5.29. The van der Waals surface area contributed by atoms with Crippen LogP contribution in [0.3, 0.4) is 0 Å². The van der Waals surface area contributed by atoms with Gasteiger partial charge >= 0.3 is 5.97 Å². The molecule has 0 radical (unpaired) electrons. The Labute approximate surface area is 185 Å². The molecule has 2 aliphatic carbocycles. The summed E-state index contributed by atoms with van der Waals surface area (Å²) in [5, 5.41) is 4.53. The van der Waals surface area contributed by atoms with Crippen molar-refractivity contribution in [1.29, 1.82) is 0 Å². The van der Waals surface area contributed by atoms with Crippen LogP contribution in [0.5, 0.6) is 0 Å². The van der Waals surface area contributed by atoms with Gasteiger partial charge in [-0.15, -0.1) is 11.3 Å². The van der Waals surface area contributed by atoms with Crippen molar-refractivity contribution in [2.24, 2.45) is 5.92 Å². The molecule has 0 fully saturated rings. The van der Waals surface area contributed by atoms with E-state index in [0.29, 0.717) is 23.1 Å². The van der Waals surface area contributed by atoms with Gasteiger partial charge in [0.1, 0.15) is 15.9 Å². The number of hydrogen-bond acceptors (Lipinski definition) is 7. The highest BCUT2D eigenvalue weighted by Crippen LogP contribution is 2.40. The van der Waals surface area contributed by atoms with E-state index in [1.165, 1.54) is 33.5 Å². The number of nitrogens with zero attached hydrogens (tertiary/aromatic N) is 2. The van der Waals surface area contributed by atoms with Crippen molar-refractivity contribution in [1.82, 2.24) is 9.97 Å². The SMILES string of the molecule is CCOC(=O)c1c(NC(=O)CSc2nc(C)nc3c2CCC3)sc2c1CCC(C)C2. The smallest absolute Gasteiger partial charge is 0.341 e. The van der Waals surface area contributed by atoms with Gasteiger partial charge in [0.05, 0.1) is 17.9 Å². The van der Waals surface area contributed by atoms with Gasteiger partial charge in [0, 0.05) is 16.1 Å². The molecule has 160 valence electrons. The van der Waals surface area contributed by atoms with Crippen molar-refractivity contribution in [3.63, 3.8) is 0 Å². The number of carbonyl (C=O) groups excluding carboxylic acids is 2. The van der Waals surface area contributed by atoms with Crippen LogP contribution in [0, 0.1) is 12.8 Å². The highest BCUT2D eigenvalue weighted by Gasteiger charge is 2.29. The van der Waals surface area contributed by atoms with Crippen LogP contribution in [0.15, 0.2) is 5.03 Å². The minimum Gasteiger partial charge on any atom is -0.462 e. The number of amides is 1. The van der Waals surface area contributed by atoms with Crippen molar-refractivity contribution in [2.75, 3.05) is 17.7 Å². The summed E-state index contributed by atoms with van der Waals surface area (Å²) in [5.41, 5.74) is 3.92. The molecule has 6 nitrogen and oxygen atoms in total. The Hall–Kier alpha value is -1.93. The molecule has 2 aromatic rings. The molecular weight excluding hydrogens is 418 g/mol. The van der Waals surface area contributed by atoms with E-state index in [9.17, 15) is 9.59 Å². The highest BCUT2D eigenvalue weighted by atomic mass is 32.2. The zero-order valence-electron chi connectivity index (χ0n) is 17.7. The van der Waals surface area contributed by atoms with Gasteiger partial charge in [-0.25, -0.2) is 14.8 Å². The molecule has 0 bridgehead atoms. The van der Waals surface area contributed by atoms with Crippen LogP contribution in [-0.4, -0.2) is 34.2 Å². The standard InChI is InChI=1S/C22H27N3O3S2/c1-4-28-22(27)19-15-9-8-12(2)10-17(15)30-21(19)25-18(26)11-29-20-14-6-5-7-16(14)23-13(3)24-20/h12H,4-11H2,1-3H3,(H,25,26). The summed E-state index contributed by atoms with van der Waals surface area (Å²) in [5.74, 6) is 1.14. The van der Waals surface area contributed by atoms with E-state index in [-0.39, 0.29) is 17.6 Å². The molecular formula is C22H27N3O3S2. The Bertz CT molecular complexity index is 986. The van der Waals surface area contributed by atoms with Crippen molar-refractivity contribution in [2.45, 2.75) is 64.3 Å². The molecule has 0 spiro atoms. The fourth-order valence-corrected chi connectivity index (χ4v) is 6.54. The highest BCUT2D eigenvalue weighted by molar-refractivity contribution is 8.00. The van der Waals surface area contributed by atoms with E-state index in [4.69, 9.17) is 4.74 Å². The first-order valence-electron chi connectivity index (χ1n) is 10.6. The number of anilines is 1. The molecule has 0 saturated heterocycles. The monoisotopic (exact) mass is 445 g/mol. The summed E-state index contributed by atoms with van der Waals surface area (Å²) in [6.45, 7) is 6.24. The van der Waals surface area contributed by atoms with Crippen LogP contribution in [0.4, 0.5) is 5.00 Å². The largest absolute Gasteiger partial charge is 0.462 e. The van der Waals surface area contributed by atoms with Crippen molar-refractivity contribution in [3.05, 3.63) is 33.1 Å². The van der Waals surface area contributed by atoms with Gasteiger partial charge in [-0.2, -0.15) is 0 Å². The molecule has 0 aliphatic heterocycles. The van der Waals surface area contributed by atoms with Crippen molar-refractivity contribution in [3.8, 4) is 0 Å². The van der Waals surface area contributed by atoms with Crippen LogP contribution >= 0.6 is 23.1 Å². The topological polar surface area (TPSA) is 81.2 Å². The van der Waals surface area contributed by atoms with Crippen molar-refractivity contribution >= 4 is 40.0 Å². The zero-order valence-corrected chi connectivity index (χ0v) is 19.3. The number of aryl methyl sites for hydroxylation is 2. The number of thiophene rings is 1. The van der Waals surface area contributed by atoms with Crippen LogP contribution in [0.2, 0.25) is 0 Å². The molecule has 1 atom stereocenters. The van der Waals surface area contributed by atoms with Crippen LogP contribution in [-0.2, 0) is 35.2 Å². The molecule has 30 heavy (non-hydrogen) atoms. The number of rotatable bonds is 6. The first kappa shape index (κ1) is 21.3. The number of nitrogens with one attached hydrogen (secondary N) is 1. The maximum atomic E-state index is 12.8. The lowest BCUT2D eigenvalue weighted by Gasteiger charge is -2.18. The first-order valence-corrected chi connectivity index (χ1v) is 12.4. The molecule has 0 aromatic carbocycles. The summed E-state index contributed by atoms with van der Waals surface area (Å²) >= 11 is 2.98. The lowest BCUT2D eigenvalue weighted by atomic mass is 9.88. The molecule has 1 unspecified atom stereocenters. The average molecular weight is 446 g/mol. The summed E-state index contributed by atoms with van der Waals surface area (Å²) in [6.07, 6.45) is 5.91. The van der Waals surface area contributed by atoms with Crippen LogP contribution in [0.25, 0.3) is 0 Å². The predicted octanol–water partition coefficient (Wildman–Crippen LogP) is 4.37. The Morgan fingerprint density at radius 2 is 2.07 bits per heavy atom. The van der Waals surface area contributed by atoms with E-state index in [0.717, 1.165) is 60.6 Å². The normalized spacial score (nSPS) is 17.4. The molecule has 2 aromatic heterocycles. The minimum absolute atomic E-state index is 0.125. The number of fused-ring (bicyclic) bond motifs is 2. The number of thioether (sulfide) groups is 1. The van der Waals surface area contributed by atoms with Gasteiger partial charge in [0.25, 0.3) is 0 Å². The summed E-state index contributed by atoms with van der Waals surface area (Å²) in [7, 11) is 0. The van der Waals surface area contributed by atoms with Gasteiger partial charge in [-0.1, -0.05) is 18.7 Å². The zero-order chi connectivity index (χ0) is 21.3. The number of hydrogen-bond donors (Lipinski definition) is 1. The second-order valence-electron chi connectivity index (χ2n) is 7.97. The predicted molar refractivity (Wildman–Crippen MR) is 120 cm³/mol. The number of esters is 1. The maximum absolute atomic E-state index is 12.8. The van der Waals surface area contributed by atoms with Gasteiger partial charge in [0.15, 0.2) is 0 Å². The molecule has 1 N–H and O–H groups in total. The Balaban J connectivity index is 1.50. The Morgan fingerprint density at radius 3 is 2.87 bits per heavy atom. The molecule has 8 heteroatoms. The van der Waals surface area contributed by atoms with Gasteiger partial charge < -0.3 is 10.1 Å². The fraction of sp³-hybridized carbons (Fsp3) is 0.545. The van der Waals surface area contributed by atoms with Gasteiger partial charge in [-0.05, 0) is 63.9 Å². The lowest BCUT2D eigenvalue weighted by molar-refractivity contribution is -0.113. The molecule has 4 rings (SSSR count). The lowest BCUT2D eigenvalue weighted by Crippen LogP contribution is -2.18. The van der Waals surface area contributed by atoms with Gasteiger partial charge in [0.2, 0.25) is 5.91 Å². The third-order valence-electron chi connectivity index (χ3n) is 5.59. The number of ether oxygens (including phenoxy) is 1. The van der Waals surface area contributed by atoms with Crippen LogP contribution in [0.1, 0.15) is 64.6 Å². The van der Waals surface area contributed by atoms with E-state index in [1.54, 1.807) is 6.92 Å². The Kier molecular flexibility index (Phi) is 6.43. The minimum atomic E-state index is -0.336. The quantitative estimate of drug-likeness (QED) is 0.404. The fourth-order valence-electron chi connectivity index (χ4n) is 4.19. The molecule has 0 saturated carbocycles. The number of aromatic nitrogens is 2. The third kappa shape index (κ3) is 4.39. The molecule has 2 aliphatic rings. The second kappa shape index (κ2) is 9.06. The number of carbonyl (C=O) groups is 2. The van der Waals surface area contributed by atoms with E-state index in [2.05, 4.69) is 22.2 Å². The Morgan fingerprint density at radius 1 is 1.23 bits per heavy atom. The third-order valence-corrected chi connectivity index (χ3v) is 7.78. The van der Waals surface area contributed by atoms with Crippen LogP contribution < -0.4 is 5.32 Å². The average Bonchev–Trinajstić information content (AvgIpc) is 3.29. The first-order chi connectivity index (χ1) is 14.5. The van der Waals surface area contributed by atoms with E-state index in [1.807, 2.05) is 6.92 Å². The second-order valence-corrected chi connectivity index (χ2v) is 10.0. The summed E-state index contributed by atoms with van der Waals surface area (Å²) in [6, 6.07) is 0. The molecule has 2 heterocycles. The van der Waals surface area contributed by atoms with E-state index >= 15 is 0 Å². The van der Waals surface area contributed by atoms with Gasteiger partial charge in [-0.3, -0.25) is 4.79 Å². The summed E-state index contributed by atoms with van der Waals surface area (Å²) in [4.78, 5) is 35.7. The molecule has 1 amide bonds. The maximum Gasteiger partial charge on any atom is 0.341 e. The van der Waals surface area contributed by atoms with E-state index < -0.39 is 0 Å². The van der Waals surface area contributed by atoms with Crippen molar-refractivity contribution < 1.29 is 14.3 Å².